The van der Waals surface area contributed by atoms with Crippen LogP contribution in [0.3, 0.4) is 0 Å². The standard InChI is InChI=1S/C16H20N6O/c1-11-5-7-22(14(23)8-17-2)9-13(11)21(3)16-12-4-6-18-15(12)19-10-20-16/h4,6,10-11,13H,5,7-9H2,1,3H3,(H,18,19,20)/p+1/t11-,13+/m1/s1/i5D2,7D2,8D2,9D2,10D,11D,13D. The van der Waals surface area contributed by atoms with E-state index >= 15 is 0 Å². The van der Waals surface area contributed by atoms with E-state index in [2.05, 4.69) is 19.8 Å². The van der Waals surface area contributed by atoms with Crippen LogP contribution in [0.15, 0.2) is 18.6 Å². The summed E-state index contributed by atoms with van der Waals surface area (Å²) in [7, 11) is 1.10. The maximum atomic E-state index is 12.9. The number of aromatic amines is 2. The highest BCUT2D eigenvalue weighted by Crippen LogP contribution is 2.18. The molecule has 0 aliphatic carbocycles. The van der Waals surface area contributed by atoms with Crippen molar-refractivity contribution in [3.63, 3.8) is 0 Å². The van der Waals surface area contributed by atoms with E-state index in [1.165, 1.54) is 12.3 Å². The topological polar surface area (TPSA) is 72.2 Å². The molecule has 1 aliphatic heterocycles. The van der Waals surface area contributed by atoms with Crippen molar-refractivity contribution >= 4 is 16.9 Å². The average Bonchev–Trinajstić information content (AvgIpc) is 3.18. The van der Waals surface area contributed by atoms with Gasteiger partial charge in [0.25, 0.3) is 12.0 Å². The number of hydrogen-bond donors (Lipinski definition) is 2. The van der Waals surface area contributed by atoms with Crippen LogP contribution in [0.2, 0.25) is 0 Å². The molecule has 7 heteroatoms. The number of piperidine rings is 1. The second-order valence-corrected chi connectivity index (χ2v) is 4.68. The Morgan fingerprint density at radius 2 is 2.61 bits per heavy atom. The zero-order chi connectivity index (χ0) is 26.3. The number of nitrogens with one attached hydrogen (secondary N) is 2. The van der Waals surface area contributed by atoms with Crippen LogP contribution in [0.5, 0.6) is 0 Å². The molecule has 1 aliphatic rings. The molecule has 0 spiro atoms. The minimum atomic E-state index is -3.64. The van der Waals surface area contributed by atoms with Gasteiger partial charge in [0.15, 0.2) is 6.30 Å². The number of aromatic nitrogens is 3. The molecule has 120 valence electrons. The number of amides is 1. The van der Waals surface area contributed by atoms with Crippen molar-refractivity contribution in [2.24, 2.45) is 5.89 Å². The normalized spacial score (nSPS) is 43.3. The summed E-state index contributed by atoms with van der Waals surface area (Å²) in [6.45, 7) is -2.96. The van der Waals surface area contributed by atoms with Gasteiger partial charge in [0.05, 0.1) is 17.7 Å². The van der Waals surface area contributed by atoms with Gasteiger partial charge in [-0.15, -0.1) is 0 Å². The van der Waals surface area contributed by atoms with Gasteiger partial charge in [-0.05, 0) is 18.3 Å². The monoisotopic (exact) mass is 324 g/mol. The van der Waals surface area contributed by atoms with E-state index in [4.69, 9.17) is 21.7 Å². The highest BCUT2D eigenvalue weighted by atomic mass is 16.2. The van der Waals surface area contributed by atoms with E-state index in [0.717, 1.165) is 18.5 Å². The first-order valence-corrected chi connectivity index (χ1v) is 6.57. The van der Waals surface area contributed by atoms with E-state index in [-0.39, 0.29) is 16.5 Å². The fourth-order valence-electron chi connectivity index (χ4n) is 2.17. The van der Waals surface area contributed by atoms with Crippen LogP contribution in [-0.4, -0.2) is 58.3 Å². The molecular formula is C16H21N6O+. The number of carbonyl (C=O) groups excluding carboxylic acids is 1. The smallest absolute Gasteiger partial charge is 0.302 e. The third kappa shape index (κ3) is 2.84. The van der Waals surface area contributed by atoms with Gasteiger partial charge in [-0.3, -0.25) is 9.37 Å². The predicted octanol–water partition coefficient (Wildman–Crippen LogP) is 0.449. The second-order valence-electron chi connectivity index (χ2n) is 4.68. The van der Waals surface area contributed by atoms with Gasteiger partial charge in [-0.2, -0.15) is 4.98 Å². The molecule has 2 atom stereocenters. The van der Waals surface area contributed by atoms with Gasteiger partial charge in [0, 0.05) is 19.5 Å². The van der Waals surface area contributed by atoms with Gasteiger partial charge >= 0.3 is 5.91 Å². The Morgan fingerprint density at radius 3 is 3.39 bits per heavy atom. The Balaban J connectivity index is 2.52. The van der Waals surface area contributed by atoms with Crippen molar-refractivity contribution in [3.05, 3.63) is 35.5 Å². The Hall–Kier alpha value is -2.62. The lowest BCUT2D eigenvalue weighted by atomic mass is 9.93. The zero-order valence-corrected chi connectivity index (χ0v) is 12.4. The van der Waals surface area contributed by atoms with Gasteiger partial charge in [0.1, 0.15) is 21.2 Å². The van der Waals surface area contributed by atoms with Crippen LogP contribution in [0, 0.1) is 12.5 Å². The maximum Gasteiger partial charge on any atom is 0.302 e. The van der Waals surface area contributed by atoms with Crippen molar-refractivity contribution < 1.29 is 19.9 Å². The third-order valence-electron chi connectivity index (χ3n) is 3.28. The summed E-state index contributed by atoms with van der Waals surface area (Å²) in [5.41, 5.74) is -0.0136. The third-order valence-corrected chi connectivity index (χ3v) is 3.28. The number of H-pyrrole nitrogens is 2. The minimum Gasteiger partial charge on any atom is -0.346 e. The fraction of sp³-hybridized carbons (Fsp3) is 0.500. The molecule has 3 heterocycles. The zero-order valence-electron chi connectivity index (χ0n) is 23.4. The maximum absolute atomic E-state index is 12.9. The van der Waals surface area contributed by atoms with E-state index in [9.17, 15) is 4.79 Å². The highest BCUT2D eigenvalue weighted by molar-refractivity contribution is 5.79. The molecule has 3 rings (SSSR count). The summed E-state index contributed by atoms with van der Waals surface area (Å²) >= 11 is 0. The van der Waals surface area contributed by atoms with Crippen LogP contribution in [0.25, 0.3) is 15.9 Å². The van der Waals surface area contributed by atoms with Crippen LogP contribution in [0.4, 0.5) is 0 Å². The van der Waals surface area contributed by atoms with Gasteiger partial charge in [0.2, 0.25) is 0 Å². The first kappa shape index (κ1) is 6.87. The van der Waals surface area contributed by atoms with E-state index in [1.807, 2.05) is 0 Å². The largest absolute Gasteiger partial charge is 0.346 e. The summed E-state index contributed by atoms with van der Waals surface area (Å²) in [5.74, 6) is -4.99. The number of likely N-dealkylation sites (N-methyl/N-ethyl adjacent to an activating group) is 1. The number of fused-ring (bicyclic) bond motifs is 1. The van der Waals surface area contributed by atoms with Crippen molar-refractivity contribution in [1.29, 1.82) is 0 Å². The lowest BCUT2D eigenvalue weighted by molar-refractivity contribution is -0.131. The van der Waals surface area contributed by atoms with Gasteiger partial charge in [-0.25, -0.2) is 11.6 Å². The predicted molar refractivity (Wildman–Crippen MR) is 87.3 cm³/mol. The summed E-state index contributed by atoms with van der Waals surface area (Å²) < 4.78 is 92.5. The molecule has 0 radical (unpaired) electrons. The highest BCUT2D eigenvalue weighted by Gasteiger charge is 2.33. The molecule has 2 N–H and O–H groups in total. The van der Waals surface area contributed by atoms with Crippen LogP contribution in [0.1, 0.15) is 28.4 Å². The number of nitrogens with zero attached hydrogens (tertiary/aromatic N) is 4. The van der Waals surface area contributed by atoms with Crippen LogP contribution in [-0.2, 0) is 4.79 Å². The van der Waals surface area contributed by atoms with Crippen LogP contribution < -0.4 is 10.1 Å². The Kier molecular flexibility index (Phi) is 1.87. The van der Waals surface area contributed by atoms with Gasteiger partial charge in [-0.1, -0.05) is 6.92 Å². The molecule has 1 fully saturated rings. The summed E-state index contributed by atoms with van der Waals surface area (Å²) in [4.78, 5) is 24.1. The minimum absolute atomic E-state index is 0.146. The molecule has 2 aromatic heterocycles. The summed E-state index contributed by atoms with van der Waals surface area (Å²) in [5, 5.41) is 0.222. The van der Waals surface area contributed by atoms with Crippen molar-refractivity contribution in [2.45, 2.75) is 19.3 Å². The lowest BCUT2D eigenvalue weighted by Crippen LogP contribution is -2.54. The summed E-state index contributed by atoms with van der Waals surface area (Å²) in [6.07, 6.45) is -2.45. The number of carbonyl (C=O) groups is 1. The molecule has 2 aromatic rings. The first-order chi connectivity index (χ1) is 15.2. The molecular weight excluding hydrogens is 292 g/mol. The molecule has 0 aromatic carbocycles. The Morgan fingerprint density at radius 1 is 1.78 bits per heavy atom. The fourth-order valence-corrected chi connectivity index (χ4v) is 2.17. The van der Waals surface area contributed by atoms with E-state index < -0.39 is 54.9 Å². The number of hydrogen-bond acceptors (Lipinski definition) is 2. The lowest BCUT2D eigenvalue weighted by Gasteiger charge is -2.35. The molecule has 23 heavy (non-hydrogen) atoms. The number of likely N-dealkylation sites (tertiary alicyclic amines) is 1. The molecule has 0 unspecified atom stereocenters. The second kappa shape index (κ2) is 6.24. The van der Waals surface area contributed by atoms with E-state index in [1.54, 1.807) is 0 Å². The molecule has 0 saturated carbocycles. The quantitative estimate of drug-likeness (QED) is 0.622. The molecule has 1 saturated heterocycles. The number of rotatable bonds is 2. The van der Waals surface area contributed by atoms with Crippen molar-refractivity contribution in [1.82, 2.24) is 24.4 Å². The Labute approximate surface area is 149 Å². The van der Waals surface area contributed by atoms with E-state index in [0.29, 0.717) is 0 Å². The summed E-state index contributed by atoms with van der Waals surface area (Å²) in [6, 6.07) is -1.70. The van der Waals surface area contributed by atoms with Gasteiger partial charge < -0.3 is 14.7 Å². The molecule has 7 nitrogen and oxygen atoms in total. The first-order valence-electron chi connectivity index (χ1n) is 12.1. The molecule has 1 amide bonds. The average molecular weight is 324 g/mol. The van der Waals surface area contributed by atoms with Crippen molar-refractivity contribution in [3.8, 4) is 0 Å². The van der Waals surface area contributed by atoms with Crippen molar-refractivity contribution in [2.75, 3.05) is 26.5 Å². The SMILES string of the molecule is [2H]c1nc2[nH]ccc2c(=[N+](C)[C@@]2([2H])C([2H])([2H])N(C(=O)C([2H])([2H])[N+]#[C-])C([2H])([2H])C([2H])([2H])[C@@]2([2H])C)[nH]1. The molecule has 0 bridgehead atoms. The van der Waals surface area contributed by atoms with Crippen LogP contribution >= 0.6 is 0 Å². The Bertz CT molecular complexity index is 1290.